The zero-order valence-electron chi connectivity index (χ0n) is 13.2. The Kier molecular flexibility index (Phi) is 4.11. The van der Waals surface area contributed by atoms with Gasteiger partial charge in [0.1, 0.15) is 17.5 Å². The highest BCUT2D eigenvalue weighted by Gasteiger charge is 2.33. The highest BCUT2D eigenvalue weighted by Crippen LogP contribution is 2.29. The van der Waals surface area contributed by atoms with Crippen LogP contribution in [0.1, 0.15) is 80.9 Å². The van der Waals surface area contributed by atoms with Crippen molar-refractivity contribution in [3.05, 3.63) is 22.8 Å². The molecule has 2 rings (SSSR count). The minimum Gasteiger partial charge on any atom is -0.458 e. The molecular weight excluding hydrogens is 252 g/mol. The van der Waals surface area contributed by atoms with Crippen LogP contribution < -0.4 is 0 Å². The molecule has 0 radical (unpaired) electrons. The van der Waals surface area contributed by atoms with Crippen LogP contribution in [0.3, 0.4) is 0 Å². The van der Waals surface area contributed by atoms with Crippen molar-refractivity contribution in [1.29, 1.82) is 0 Å². The van der Waals surface area contributed by atoms with Gasteiger partial charge in [0.25, 0.3) is 0 Å². The Balaban J connectivity index is 2.56. The number of carbonyl (C=O) groups is 1. The Bertz CT molecular complexity index is 521. The Labute approximate surface area is 121 Å². The molecule has 0 N–H and O–H groups in total. The molecule has 1 aromatic rings. The lowest BCUT2D eigenvalue weighted by Gasteiger charge is -2.29. The summed E-state index contributed by atoms with van der Waals surface area (Å²) in [6.07, 6.45) is 0.616. The molecule has 0 spiro atoms. The Morgan fingerprint density at radius 1 is 1.05 bits per heavy atom. The molecule has 0 amide bonds. The summed E-state index contributed by atoms with van der Waals surface area (Å²) in [5, 5.41) is 0. The molecule has 1 unspecified atom stereocenters. The molecule has 0 saturated carbocycles. The third-order valence-electron chi connectivity index (χ3n) is 3.69. The Hall–Kier alpha value is -1.45. The summed E-state index contributed by atoms with van der Waals surface area (Å²) < 4.78 is 5.55. The van der Waals surface area contributed by atoms with Gasteiger partial charge in [-0.05, 0) is 11.8 Å². The molecule has 4 nitrogen and oxygen atoms in total. The van der Waals surface area contributed by atoms with Crippen LogP contribution in [-0.2, 0) is 11.2 Å². The predicted octanol–water partition coefficient (Wildman–Crippen LogP) is 3.46. The second-order valence-electron chi connectivity index (χ2n) is 6.49. The standard InChI is InChI=1S/C16H24N2O2/c1-8(2)12-7-11-13(16(19)20-12)14(9(3)4)18-15(17-11)10(5)6/h8-10,12H,7H2,1-6H3. The van der Waals surface area contributed by atoms with E-state index in [4.69, 9.17) is 4.74 Å². The predicted molar refractivity (Wildman–Crippen MR) is 78.0 cm³/mol. The molecule has 0 fully saturated rings. The number of ether oxygens (including phenoxy) is 1. The number of esters is 1. The van der Waals surface area contributed by atoms with E-state index in [-0.39, 0.29) is 23.9 Å². The number of fused-ring (bicyclic) bond motifs is 1. The maximum Gasteiger partial charge on any atom is 0.342 e. The second-order valence-corrected chi connectivity index (χ2v) is 6.49. The Morgan fingerprint density at radius 3 is 2.20 bits per heavy atom. The molecule has 20 heavy (non-hydrogen) atoms. The van der Waals surface area contributed by atoms with Gasteiger partial charge in [0.2, 0.25) is 0 Å². The molecule has 4 heteroatoms. The molecule has 2 heterocycles. The fraction of sp³-hybridized carbons (Fsp3) is 0.688. The molecule has 1 aromatic heterocycles. The largest absolute Gasteiger partial charge is 0.458 e. The van der Waals surface area contributed by atoms with Gasteiger partial charge in [-0.1, -0.05) is 41.5 Å². The van der Waals surface area contributed by atoms with E-state index in [2.05, 4.69) is 51.5 Å². The minimum atomic E-state index is -0.260. The lowest BCUT2D eigenvalue weighted by atomic mass is 9.93. The topological polar surface area (TPSA) is 52.1 Å². The maximum atomic E-state index is 12.3. The summed E-state index contributed by atoms with van der Waals surface area (Å²) >= 11 is 0. The number of cyclic esters (lactones) is 1. The average Bonchev–Trinajstić information content (AvgIpc) is 2.36. The van der Waals surface area contributed by atoms with E-state index in [0.717, 1.165) is 17.2 Å². The van der Waals surface area contributed by atoms with Crippen LogP contribution >= 0.6 is 0 Å². The maximum absolute atomic E-state index is 12.3. The lowest BCUT2D eigenvalue weighted by molar-refractivity contribution is 0.0126. The van der Waals surface area contributed by atoms with Crippen LogP contribution in [-0.4, -0.2) is 22.0 Å². The highest BCUT2D eigenvalue weighted by atomic mass is 16.5. The van der Waals surface area contributed by atoms with E-state index in [9.17, 15) is 4.79 Å². The summed E-state index contributed by atoms with van der Waals surface area (Å²) in [5.41, 5.74) is 2.29. The first-order valence-corrected chi connectivity index (χ1v) is 7.42. The van der Waals surface area contributed by atoms with Crippen molar-refractivity contribution < 1.29 is 9.53 Å². The van der Waals surface area contributed by atoms with E-state index in [1.165, 1.54) is 0 Å². The van der Waals surface area contributed by atoms with Crippen molar-refractivity contribution in [2.45, 2.75) is 65.9 Å². The Morgan fingerprint density at radius 2 is 1.70 bits per heavy atom. The third kappa shape index (κ3) is 2.69. The van der Waals surface area contributed by atoms with Crippen LogP contribution in [0, 0.1) is 5.92 Å². The molecule has 0 aliphatic carbocycles. The zero-order chi connectivity index (χ0) is 15.0. The highest BCUT2D eigenvalue weighted by molar-refractivity contribution is 5.93. The number of aromatic nitrogens is 2. The molecule has 1 atom stereocenters. The second kappa shape index (κ2) is 5.51. The summed E-state index contributed by atoms with van der Waals surface area (Å²) in [7, 11) is 0. The smallest absolute Gasteiger partial charge is 0.342 e. The molecular formula is C16H24N2O2. The van der Waals surface area contributed by atoms with Crippen LogP contribution in [0.4, 0.5) is 0 Å². The van der Waals surface area contributed by atoms with E-state index in [1.54, 1.807) is 0 Å². The molecule has 0 saturated heterocycles. The van der Waals surface area contributed by atoms with Crippen LogP contribution in [0.15, 0.2) is 0 Å². The molecule has 0 aromatic carbocycles. The van der Waals surface area contributed by atoms with Crippen molar-refractivity contribution in [3.63, 3.8) is 0 Å². The fourth-order valence-electron chi connectivity index (χ4n) is 2.39. The monoisotopic (exact) mass is 276 g/mol. The lowest BCUT2D eigenvalue weighted by Crippen LogP contribution is -2.34. The first kappa shape index (κ1) is 14.9. The van der Waals surface area contributed by atoms with Crippen molar-refractivity contribution >= 4 is 5.97 Å². The molecule has 1 aliphatic rings. The van der Waals surface area contributed by atoms with Gasteiger partial charge in [0, 0.05) is 12.3 Å². The van der Waals surface area contributed by atoms with Gasteiger partial charge in [-0.25, -0.2) is 14.8 Å². The van der Waals surface area contributed by atoms with Crippen LogP contribution in [0.5, 0.6) is 0 Å². The first-order valence-electron chi connectivity index (χ1n) is 7.42. The fourth-order valence-corrected chi connectivity index (χ4v) is 2.39. The third-order valence-corrected chi connectivity index (χ3v) is 3.69. The molecule has 0 bridgehead atoms. The van der Waals surface area contributed by atoms with Crippen molar-refractivity contribution in [1.82, 2.24) is 9.97 Å². The normalized spacial score (nSPS) is 18.6. The first-order chi connectivity index (χ1) is 9.31. The quantitative estimate of drug-likeness (QED) is 0.793. The number of hydrogen-bond acceptors (Lipinski definition) is 4. The zero-order valence-corrected chi connectivity index (χ0v) is 13.2. The number of nitrogens with zero attached hydrogens (tertiary/aromatic N) is 2. The van der Waals surface area contributed by atoms with E-state index < -0.39 is 0 Å². The van der Waals surface area contributed by atoms with Gasteiger partial charge in [-0.15, -0.1) is 0 Å². The van der Waals surface area contributed by atoms with Crippen LogP contribution in [0.2, 0.25) is 0 Å². The van der Waals surface area contributed by atoms with Gasteiger partial charge >= 0.3 is 5.97 Å². The number of carbonyl (C=O) groups excluding carboxylic acids is 1. The average molecular weight is 276 g/mol. The van der Waals surface area contributed by atoms with Gasteiger partial charge < -0.3 is 4.74 Å². The van der Waals surface area contributed by atoms with Gasteiger partial charge in [-0.2, -0.15) is 0 Å². The SMILES string of the molecule is CC(C)c1nc2c(c(C(C)C)n1)C(=O)OC(C(C)C)C2. The van der Waals surface area contributed by atoms with Crippen molar-refractivity contribution in [3.8, 4) is 0 Å². The van der Waals surface area contributed by atoms with Gasteiger partial charge in [0.15, 0.2) is 0 Å². The van der Waals surface area contributed by atoms with E-state index in [1.807, 2.05) is 0 Å². The van der Waals surface area contributed by atoms with E-state index in [0.29, 0.717) is 17.9 Å². The minimum absolute atomic E-state index is 0.0788. The van der Waals surface area contributed by atoms with E-state index >= 15 is 0 Å². The van der Waals surface area contributed by atoms with Crippen molar-refractivity contribution in [2.24, 2.45) is 5.92 Å². The summed E-state index contributed by atoms with van der Waals surface area (Å²) in [5.74, 6) is 1.31. The molecule has 1 aliphatic heterocycles. The summed E-state index contributed by atoms with van der Waals surface area (Å²) in [4.78, 5) is 21.5. The van der Waals surface area contributed by atoms with Crippen LogP contribution in [0.25, 0.3) is 0 Å². The van der Waals surface area contributed by atoms with Crippen molar-refractivity contribution in [2.75, 3.05) is 0 Å². The number of rotatable bonds is 3. The number of hydrogen-bond donors (Lipinski definition) is 0. The molecule has 110 valence electrons. The summed E-state index contributed by atoms with van der Waals surface area (Å²) in [6, 6.07) is 0. The van der Waals surface area contributed by atoms with Gasteiger partial charge in [0.05, 0.1) is 11.4 Å². The van der Waals surface area contributed by atoms with Gasteiger partial charge in [-0.3, -0.25) is 0 Å². The summed E-state index contributed by atoms with van der Waals surface area (Å²) in [6.45, 7) is 12.4.